The number of thiocarbonyl (C=S) groups is 1. The number of hydrogen-bond acceptors (Lipinski definition) is 6. The van der Waals surface area contributed by atoms with E-state index >= 15 is 0 Å². The molecule has 1 atom stereocenters. The standard InChI is InChI=1S/C18H25N5O4S/c1-18(13-4-3-5-14(12-13)26-2)15(24)23(17(25)20-18)21-16(28)19-6-7-22-8-10-27-11-9-22/h3-5,12H,6-11H2,1-2H3,(H,20,25)(H2,19,21,28)/t18-/m0/s1. The maximum Gasteiger partial charge on any atom is 0.344 e. The van der Waals surface area contributed by atoms with Crippen molar-refractivity contribution in [3.63, 3.8) is 0 Å². The highest BCUT2D eigenvalue weighted by Gasteiger charge is 2.49. The number of ether oxygens (including phenoxy) is 2. The number of urea groups is 1. The van der Waals surface area contributed by atoms with Gasteiger partial charge in [-0.3, -0.25) is 15.1 Å². The van der Waals surface area contributed by atoms with Gasteiger partial charge in [-0.15, -0.1) is 0 Å². The number of nitrogens with one attached hydrogen (secondary N) is 3. The number of benzene rings is 1. The molecule has 9 nitrogen and oxygen atoms in total. The van der Waals surface area contributed by atoms with Crippen LogP contribution in [0.2, 0.25) is 0 Å². The Kier molecular flexibility index (Phi) is 6.32. The number of amides is 3. The number of hydrazine groups is 1. The van der Waals surface area contributed by atoms with Gasteiger partial charge >= 0.3 is 6.03 Å². The van der Waals surface area contributed by atoms with Crippen molar-refractivity contribution in [2.24, 2.45) is 0 Å². The highest BCUT2D eigenvalue weighted by atomic mass is 32.1. The fourth-order valence-corrected chi connectivity index (χ4v) is 3.36. The molecule has 1 aromatic rings. The number of rotatable bonds is 6. The van der Waals surface area contributed by atoms with E-state index in [1.165, 1.54) is 0 Å². The molecule has 3 amide bonds. The average molecular weight is 407 g/mol. The molecule has 0 bridgehead atoms. The van der Waals surface area contributed by atoms with Gasteiger partial charge in [-0.05, 0) is 36.8 Å². The van der Waals surface area contributed by atoms with Crippen LogP contribution < -0.4 is 20.8 Å². The molecule has 0 spiro atoms. The maximum atomic E-state index is 12.9. The lowest BCUT2D eigenvalue weighted by molar-refractivity contribution is -0.132. The first-order valence-electron chi connectivity index (χ1n) is 9.10. The molecule has 2 aliphatic heterocycles. The van der Waals surface area contributed by atoms with Gasteiger partial charge < -0.3 is 20.1 Å². The Balaban J connectivity index is 1.57. The zero-order valence-corrected chi connectivity index (χ0v) is 16.8. The number of imide groups is 1. The van der Waals surface area contributed by atoms with E-state index in [0.29, 0.717) is 17.9 Å². The van der Waals surface area contributed by atoms with Crippen molar-refractivity contribution in [1.82, 2.24) is 26.0 Å². The second kappa shape index (κ2) is 8.72. The minimum atomic E-state index is -1.21. The van der Waals surface area contributed by atoms with Crippen molar-refractivity contribution in [1.29, 1.82) is 0 Å². The second-order valence-electron chi connectivity index (χ2n) is 6.75. The van der Waals surface area contributed by atoms with Crippen LogP contribution in [0.5, 0.6) is 5.75 Å². The molecule has 152 valence electrons. The van der Waals surface area contributed by atoms with E-state index in [-0.39, 0.29) is 5.11 Å². The molecular weight excluding hydrogens is 382 g/mol. The Bertz CT molecular complexity index is 755. The average Bonchev–Trinajstić information content (AvgIpc) is 2.93. The summed E-state index contributed by atoms with van der Waals surface area (Å²) < 4.78 is 10.5. The lowest BCUT2D eigenvalue weighted by Gasteiger charge is -2.27. The smallest absolute Gasteiger partial charge is 0.344 e. The number of methoxy groups -OCH3 is 1. The fraction of sp³-hybridized carbons (Fsp3) is 0.500. The lowest BCUT2D eigenvalue weighted by atomic mass is 9.92. The summed E-state index contributed by atoms with van der Waals surface area (Å²) in [7, 11) is 1.55. The largest absolute Gasteiger partial charge is 0.497 e. The third-order valence-electron chi connectivity index (χ3n) is 4.87. The predicted octanol–water partition coefficient (Wildman–Crippen LogP) is 0.174. The molecule has 3 N–H and O–H groups in total. The summed E-state index contributed by atoms with van der Waals surface area (Å²) >= 11 is 5.24. The van der Waals surface area contributed by atoms with Crippen LogP contribution in [0.3, 0.4) is 0 Å². The number of carbonyl (C=O) groups is 2. The van der Waals surface area contributed by atoms with Gasteiger partial charge in [0, 0.05) is 26.2 Å². The van der Waals surface area contributed by atoms with Gasteiger partial charge in [-0.1, -0.05) is 12.1 Å². The lowest BCUT2D eigenvalue weighted by Crippen LogP contribution is -2.52. The second-order valence-corrected chi connectivity index (χ2v) is 7.16. The van der Waals surface area contributed by atoms with Gasteiger partial charge in [0.15, 0.2) is 5.11 Å². The summed E-state index contributed by atoms with van der Waals surface area (Å²) in [5.74, 6) is 0.163. The van der Waals surface area contributed by atoms with Crippen LogP contribution in [0.1, 0.15) is 12.5 Å². The Morgan fingerprint density at radius 1 is 1.36 bits per heavy atom. The van der Waals surface area contributed by atoms with Crippen molar-refractivity contribution in [2.45, 2.75) is 12.5 Å². The zero-order valence-electron chi connectivity index (χ0n) is 16.0. The van der Waals surface area contributed by atoms with E-state index in [1.807, 2.05) is 0 Å². The normalized spacial score (nSPS) is 22.7. The Labute approximate surface area is 169 Å². The summed E-state index contributed by atoms with van der Waals surface area (Å²) in [5, 5.41) is 6.87. The summed E-state index contributed by atoms with van der Waals surface area (Å²) in [6.45, 7) is 6.28. The van der Waals surface area contributed by atoms with E-state index in [2.05, 4.69) is 21.0 Å². The molecule has 1 aromatic carbocycles. The molecule has 0 aromatic heterocycles. The van der Waals surface area contributed by atoms with Gasteiger partial charge in [0.2, 0.25) is 0 Å². The minimum Gasteiger partial charge on any atom is -0.497 e. The molecule has 0 radical (unpaired) electrons. The van der Waals surface area contributed by atoms with Crippen molar-refractivity contribution >= 4 is 29.3 Å². The summed E-state index contributed by atoms with van der Waals surface area (Å²) in [4.78, 5) is 27.6. The molecule has 0 saturated carbocycles. The van der Waals surface area contributed by atoms with E-state index in [9.17, 15) is 9.59 Å². The monoisotopic (exact) mass is 407 g/mol. The molecule has 2 aliphatic rings. The minimum absolute atomic E-state index is 0.214. The first kappa shape index (κ1) is 20.3. The Hall–Kier alpha value is -2.43. The quantitative estimate of drug-likeness (QED) is 0.454. The van der Waals surface area contributed by atoms with E-state index in [4.69, 9.17) is 21.7 Å². The van der Waals surface area contributed by atoms with Crippen LogP contribution in [0, 0.1) is 0 Å². The highest BCUT2D eigenvalue weighted by Crippen LogP contribution is 2.30. The Morgan fingerprint density at radius 2 is 2.11 bits per heavy atom. The van der Waals surface area contributed by atoms with Crippen molar-refractivity contribution in [3.05, 3.63) is 29.8 Å². The molecule has 10 heteroatoms. The van der Waals surface area contributed by atoms with E-state index in [0.717, 1.165) is 37.9 Å². The predicted molar refractivity (Wildman–Crippen MR) is 107 cm³/mol. The summed E-state index contributed by atoms with van der Waals surface area (Å²) in [6.07, 6.45) is 0. The molecule has 3 rings (SSSR count). The van der Waals surface area contributed by atoms with Gasteiger partial charge in [-0.2, -0.15) is 5.01 Å². The van der Waals surface area contributed by atoms with E-state index in [1.54, 1.807) is 38.3 Å². The highest BCUT2D eigenvalue weighted by molar-refractivity contribution is 7.80. The summed E-state index contributed by atoms with van der Waals surface area (Å²) in [6, 6.07) is 6.47. The van der Waals surface area contributed by atoms with Crippen LogP contribution in [0.25, 0.3) is 0 Å². The van der Waals surface area contributed by atoms with Crippen LogP contribution in [-0.2, 0) is 15.1 Å². The number of hydrogen-bond donors (Lipinski definition) is 3. The van der Waals surface area contributed by atoms with Crippen LogP contribution in [0.15, 0.2) is 24.3 Å². The van der Waals surface area contributed by atoms with Crippen molar-refractivity contribution < 1.29 is 19.1 Å². The maximum absolute atomic E-state index is 12.9. The first-order chi connectivity index (χ1) is 13.4. The van der Waals surface area contributed by atoms with E-state index < -0.39 is 17.5 Å². The number of carbonyl (C=O) groups excluding carboxylic acids is 2. The Morgan fingerprint density at radius 3 is 2.82 bits per heavy atom. The SMILES string of the molecule is COc1cccc([C@]2(C)NC(=O)N(NC(=S)NCCN3CCOCC3)C2=O)c1. The molecule has 0 unspecified atom stereocenters. The van der Waals surface area contributed by atoms with Crippen molar-refractivity contribution in [2.75, 3.05) is 46.5 Å². The zero-order chi connectivity index (χ0) is 20.1. The molecule has 2 saturated heterocycles. The van der Waals surface area contributed by atoms with Crippen LogP contribution in [0.4, 0.5) is 4.79 Å². The van der Waals surface area contributed by atoms with Crippen molar-refractivity contribution in [3.8, 4) is 5.75 Å². The summed E-state index contributed by atoms with van der Waals surface area (Å²) in [5.41, 5.74) is 2.11. The number of nitrogens with zero attached hydrogens (tertiary/aromatic N) is 2. The third kappa shape index (κ3) is 4.34. The van der Waals surface area contributed by atoms with Crippen LogP contribution >= 0.6 is 12.2 Å². The van der Waals surface area contributed by atoms with Crippen LogP contribution in [-0.4, -0.2) is 73.5 Å². The number of morpholine rings is 1. The van der Waals surface area contributed by atoms with Gasteiger partial charge in [0.1, 0.15) is 11.3 Å². The molecule has 2 fully saturated rings. The molecule has 2 heterocycles. The topological polar surface area (TPSA) is 95.2 Å². The molecular formula is C18H25N5O4S. The molecule has 28 heavy (non-hydrogen) atoms. The van der Waals surface area contributed by atoms with Gasteiger partial charge in [0.25, 0.3) is 5.91 Å². The van der Waals surface area contributed by atoms with Gasteiger partial charge in [-0.25, -0.2) is 4.79 Å². The third-order valence-corrected chi connectivity index (χ3v) is 5.10. The fourth-order valence-electron chi connectivity index (χ4n) is 3.16. The first-order valence-corrected chi connectivity index (χ1v) is 9.50. The van der Waals surface area contributed by atoms with Gasteiger partial charge in [0.05, 0.1) is 20.3 Å². The molecule has 0 aliphatic carbocycles.